The van der Waals surface area contributed by atoms with Gasteiger partial charge in [-0.3, -0.25) is 19.2 Å². The lowest BCUT2D eigenvalue weighted by atomic mass is 9.78. The highest BCUT2D eigenvalue weighted by Gasteiger charge is 2.53. The molecule has 1 saturated carbocycles. The second-order valence-corrected chi connectivity index (χ2v) is 20.2. The number of carbonyl (C=O) groups excluding carboxylic acids is 5. The topological polar surface area (TPSA) is 205 Å². The molecule has 15 heteroatoms. The number of hydrogen-bond donors (Lipinski definition) is 3. The summed E-state index contributed by atoms with van der Waals surface area (Å²) in [5.41, 5.74) is 1.26. The van der Waals surface area contributed by atoms with Gasteiger partial charge in [0.2, 0.25) is 5.79 Å². The molecular weight excluding hydrogens is 875 g/mol. The fourth-order valence-electron chi connectivity index (χ4n) is 10.5. The molecule has 15 nitrogen and oxygen atoms in total. The van der Waals surface area contributed by atoms with Gasteiger partial charge >= 0.3 is 5.97 Å². The number of fused-ring (bicyclic) bond motifs is 3. The van der Waals surface area contributed by atoms with Crippen molar-refractivity contribution in [3.8, 4) is 0 Å². The first-order valence-corrected chi connectivity index (χ1v) is 25.0. The van der Waals surface area contributed by atoms with Crippen molar-refractivity contribution in [1.29, 1.82) is 0 Å². The molecule has 15 atom stereocenters. The zero-order valence-electron chi connectivity index (χ0n) is 42.4. The molecule has 4 aliphatic rings. The number of piperidine rings is 1. The molecule has 2 saturated heterocycles. The summed E-state index contributed by atoms with van der Waals surface area (Å²) in [4.78, 5) is 72.1. The molecule has 68 heavy (non-hydrogen) atoms. The van der Waals surface area contributed by atoms with Crippen molar-refractivity contribution < 1.29 is 67.7 Å². The standard InChI is InChI=1S/C53H83NO14/c1-32-16-12-11-13-17-33(2)44(63-8)30-40-21-19-38(7)53(62,68-40)50(59)51(60)54-23-15-14-18-41(54)52(61)67-45(35(4)28-39-20-22-43(66-25-24-55)46(29-39)64-9)31-42(56)34(3)27-37(6)48(58)49(65-10)47(57)36(5)26-32/h11-13,16-17,27,32,34-36,38-41,43-46,48-49,55,58,62H,14-15,18-26,28-31H2,1-10H3/b13-11+,16-12-,33-17-,37-27+/t32-,34-,35-,36-,38-,39+,40+,41+,43-,44+,45+,46-,48-,49+,53-/m1/s1. The number of esters is 1. The Morgan fingerprint density at radius 2 is 1.59 bits per heavy atom. The number of aliphatic hydroxyl groups is 3. The van der Waals surface area contributed by atoms with E-state index in [0.29, 0.717) is 63.4 Å². The molecule has 0 radical (unpaired) electrons. The molecule has 0 aromatic carbocycles. The number of hydrogen-bond acceptors (Lipinski definition) is 14. The highest BCUT2D eigenvalue weighted by Crippen LogP contribution is 2.38. The third kappa shape index (κ3) is 15.3. The predicted molar refractivity (Wildman–Crippen MR) is 256 cm³/mol. The van der Waals surface area contributed by atoms with Crippen LogP contribution in [0.4, 0.5) is 0 Å². The number of methoxy groups -OCH3 is 3. The Morgan fingerprint density at radius 1 is 0.853 bits per heavy atom. The number of carbonyl (C=O) groups is 5. The van der Waals surface area contributed by atoms with Crippen LogP contribution in [0.2, 0.25) is 0 Å². The van der Waals surface area contributed by atoms with Crippen LogP contribution in [0.5, 0.6) is 0 Å². The first-order valence-electron chi connectivity index (χ1n) is 25.0. The van der Waals surface area contributed by atoms with Gasteiger partial charge in [-0.05, 0) is 107 Å². The Hall–Kier alpha value is -3.41. The molecule has 1 aliphatic carbocycles. The van der Waals surface area contributed by atoms with Crippen LogP contribution in [0.15, 0.2) is 47.6 Å². The third-order valence-electron chi connectivity index (χ3n) is 14.9. The van der Waals surface area contributed by atoms with E-state index in [1.54, 1.807) is 41.1 Å². The maximum absolute atomic E-state index is 14.5. The fraction of sp³-hybridized carbons (Fsp3) is 0.755. The van der Waals surface area contributed by atoms with Crippen LogP contribution >= 0.6 is 0 Å². The lowest BCUT2D eigenvalue weighted by molar-refractivity contribution is -0.265. The van der Waals surface area contributed by atoms with Gasteiger partial charge in [0.25, 0.3) is 11.7 Å². The number of amides is 1. The minimum Gasteiger partial charge on any atom is -0.460 e. The molecule has 0 aromatic rings. The Balaban J connectivity index is 1.70. The van der Waals surface area contributed by atoms with Crippen LogP contribution in [0.25, 0.3) is 0 Å². The van der Waals surface area contributed by atoms with Crippen molar-refractivity contribution in [2.24, 2.45) is 35.5 Å². The number of aliphatic hydroxyl groups excluding tert-OH is 2. The monoisotopic (exact) mass is 958 g/mol. The van der Waals surface area contributed by atoms with Crippen LogP contribution in [0.1, 0.15) is 126 Å². The molecule has 3 N–H and O–H groups in total. The minimum atomic E-state index is -2.43. The van der Waals surface area contributed by atoms with Gasteiger partial charge in [0.1, 0.15) is 30.1 Å². The number of rotatable bonds is 9. The zero-order valence-corrected chi connectivity index (χ0v) is 42.4. The van der Waals surface area contributed by atoms with E-state index in [0.717, 1.165) is 12.0 Å². The number of cyclic esters (lactones) is 1. The second-order valence-electron chi connectivity index (χ2n) is 20.2. The van der Waals surface area contributed by atoms with Crippen LogP contribution in [0.3, 0.4) is 0 Å². The van der Waals surface area contributed by atoms with E-state index in [1.165, 1.54) is 12.0 Å². The molecule has 0 spiro atoms. The van der Waals surface area contributed by atoms with E-state index in [1.807, 2.05) is 58.1 Å². The van der Waals surface area contributed by atoms with Crippen LogP contribution in [-0.2, 0) is 52.4 Å². The average Bonchev–Trinajstić information content (AvgIpc) is 3.32. The van der Waals surface area contributed by atoms with E-state index in [2.05, 4.69) is 0 Å². The summed E-state index contributed by atoms with van der Waals surface area (Å²) in [5.74, 6) is -7.96. The molecule has 0 aromatic heterocycles. The van der Waals surface area contributed by atoms with E-state index in [-0.39, 0.29) is 74.1 Å². The quantitative estimate of drug-likeness (QED) is 0.134. The van der Waals surface area contributed by atoms with Crippen molar-refractivity contribution in [3.63, 3.8) is 0 Å². The highest BCUT2D eigenvalue weighted by atomic mass is 16.6. The molecule has 3 aliphatic heterocycles. The first-order chi connectivity index (χ1) is 32.3. The zero-order chi connectivity index (χ0) is 50.3. The largest absolute Gasteiger partial charge is 0.460 e. The van der Waals surface area contributed by atoms with Crippen molar-refractivity contribution in [1.82, 2.24) is 4.90 Å². The number of Topliss-reactive ketones (excluding diaryl/α,β-unsaturated/α-hetero) is 3. The van der Waals surface area contributed by atoms with Gasteiger partial charge in [0.15, 0.2) is 5.78 Å². The molecule has 384 valence electrons. The lowest BCUT2D eigenvalue weighted by Gasteiger charge is -2.42. The van der Waals surface area contributed by atoms with Crippen molar-refractivity contribution in [2.75, 3.05) is 41.1 Å². The number of ketones is 3. The molecule has 3 fully saturated rings. The summed E-state index contributed by atoms with van der Waals surface area (Å²) in [7, 11) is 4.58. The Kier molecular flexibility index (Phi) is 22.9. The van der Waals surface area contributed by atoms with Crippen molar-refractivity contribution >= 4 is 29.2 Å². The number of allylic oxidation sites excluding steroid dienone is 6. The average molecular weight is 958 g/mol. The van der Waals surface area contributed by atoms with E-state index in [4.69, 9.17) is 28.4 Å². The number of ether oxygens (including phenoxy) is 6. The number of nitrogens with zero attached hydrogens (tertiary/aromatic N) is 1. The third-order valence-corrected chi connectivity index (χ3v) is 14.9. The first kappa shape index (κ1) is 57.2. The van der Waals surface area contributed by atoms with E-state index >= 15 is 0 Å². The highest BCUT2D eigenvalue weighted by molar-refractivity contribution is 6.39. The SMILES string of the molecule is CO[C@H]1C[C@@H]2CC[C@@H](C)[C@@](O)(O2)C(=O)C(=O)N2CCCC[C@H]2C(=O)O[C@H]([C@H](C)C[C@@H]2CC[C@@H](OCCO)[C@H](OC)C2)CC(=O)[C@H](C)/C=C(\C)[C@@H](O)[C@@H](OC)C(=O)[C@H](C)C[C@H](C)\C=C/C=C/C=C\1C. The van der Waals surface area contributed by atoms with E-state index in [9.17, 15) is 39.3 Å². The Bertz CT molecular complexity index is 1810. The summed E-state index contributed by atoms with van der Waals surface area (Å²) in [6.07, 6.45) is 12.0. The molecule has 1 amide bonds. The van der Waals surface area contributed by atoms with E-state index < -0.39 is 77.8 Å². The Labute approximate surface area is 405 Å². The van der Waals surface area contributed by atoms with Gasteiger partial charge in [-0.1, -0.05) is 71.1 Å². The van der Waals surface area contributed by atoms with Gasteiger partial charge in [-0.25, -0.2) is 4.79 Å². The smallest absolute Gasteiger partial charge is 0.329 e. The maximum Gasteiger partial charge on any atom is 0.329 e. The summed E-state index contributed by atoms with van der Waals surface area (Å²) in [6, 6.07) is -1.14. The van der Waals surface area contributed by atoms with Gasteiger partial charge in [0, 0.05) is 58.5 Å². The summed E-state index contributed by atoms with van der Waals surface area (Å²) >= 11 is 0. The van der Waals surface area contributed by atoms with Crippen molar-refractivity contribution in [2.45, 2.75) is 180 Å². The summed E-state index contributed by atoms with van der Waals surface area (Å²) in [5, 5.41) is 32.8. The van der Waals surface area contributed by atoms with Crippen molar-refractivity contribution in [3.05, 3.63) is 47.6 Å². The van der Waals surface area contributed by atoms with Crippen LogP contribution in [0, 0.1) is 35.5 Å². The van der Waals surface area contributed by atoms with Crippen LogP contribution in [-0.4, -0.2) is 145 Å². The Morgan fingerprint density at radius 3 is 2.26 bits per heavy atom. The van der Waals surface area contributed by atoms with Gasteiger partial charge in [-0.15, -0.1) is 0 Å². The molecule has 3 heterocycles. The predicted octanol–water partition coefficient (Wildman–Crippen LogP) is 6.20. The van der Waals surface area contributed by atoms with Gasteiger partial charge < -0.3 is 48.6 Å². The second kappa shape index (κ2) is 27.3. The molecular formula is C53H83NO14. The van der Waals surface area contributed by atoms with Gasteiger partial charge in [0.05, 0.1) is 37.6 Å². The fourth-order valence-corrected chi connectivity index (χ4v) is 10.5. The normalized spacial score (nSPS) is 39.2. The van der Waals surface area contributed by atoms with Gasteiger partial charge in [-0.2, -0.15) is 0 Å². The summed E-state index contributed by atoms with van der Waals surface area (Å²) < 4.78 is 35.6. The minimum absolute atomic E-state index is 0.0158. The molecule has 2 bridgehead atoms. The molecule has 4 rings (SSSR count). The lowest BCUT2D eigenvalue weighted by Crippen LogP contribution is -2.61. The molecule has 0 unspecified atom stereocenters. The maximum atomic E-state index is 14.5. The van der Waals surface area contributed by atoms with Crippen LogP contribution < -0.4 is 0 Å². The summed E-state index contributed by atoms with van der Waals surface area (Å²) in [6.45, 7) is 12.9.